The normalized spacial score (nSPS) is 17.9. The van der Waals surface area contributed by atoms with Crippen molar-refractivity contribution in [1.82, 2.24) is 10.2 Å². The molecule has 1 aromatic rings. The van der Waals surface area contributed by atoms with E-state index < -0.39 is 0 Å². The highest BCUT2D eigenvalue weighted by Crippen LogP contribution is 2.26. The zero-order chi connectivity index (χ0) is 9.97. The minimum Gasteiger partial charge on any atom is -0.396 e. The van der Waals surface area contributed by atoms with Gasteiger partial charge in [0.05, 0.1) is 11.7 Å². The van der Waals surface area contributed by atoms with Crippen LogP contribution in [-0.4, -0.2) is 21.9 Å². The number of nitrogens with zero attached hydrogens (tertiary/aromatic N) is 1. The lowest BCUT2D eigenvalue weighted by Gasteiger charge is -2.14. The molecule has 0 saturated heterocycles. The summed E-state index contributed by atoms with van der Waals surface area (Å²) in [6.07, 6.45) is 5.24. The van der Waals surface area contributed by atoms with Crippen molar-refractivity contribution < 1.29 is 5.11 Å². The van der Waals surface area contributed by atoms with Crippen molar-refractivity contribution >= 4 is 0 Å². The lowest BCUT2D eigenvalue weighted by atomic mass is 9.93. The van der Waals surface area contributed by atoms with Gasteiger partial charge in [0.15, 0.2) is 0 Å². The second-order valence-electron chi connectivity index (χ2n) is 3.89. The predicted octanol–water partition coefficient (Wildman–Crippen LogP) is 0.671. The van der Waals surface area contributed by atoms with Gasteiger partial charge in [-0.3, -0.25) is 5.10 Å². The van der Waals surface area contributed by atoms with Crippen molar-refractivity contribution in [3.8, 4) is 0 Å². The number of nitrogens with one attached hydrogen (secondary N) is 1. The Kier molecular flexibility index (Phi) is 2.84. The average molecular weight is 195 g/mol. The Balaban J connectivity index is 2.21. The molecule has 1 aliphatic rings. The Morgan fingerprint density at radius 1 is 1.43 bits per heavy atom. The van der Waals surface area contributed by atoms with Gasteiger partial charge in [-0.15, -0.1) is 0 Å². The van der Waals surface area contributed by atoms with E-state index >= 15 is 0 Å². The van der Waals surface area contributed by atoms with E-state index in [1.54, 1.807) is 0 Å². The molecule has 0 aliphatic heterocycles. The first-order valence-corrected chi connectivity index (χ1v) is 5.25. The topological polar surface area (TPSA) is 74.9 Å². The van der Waals surface area contributed by atoms with Crippen molar-refractivity contribution in [3.05, 3.63) is 17.0 Å². The molecule has 78 valence electrons. The summed E-state index contributed by atoms with van der Waals surface area (Å²) in [6.45, 7) is 0.128. The molecule has 0 spiro atoms. The Morgan fingerprint density at radius 2 is 2.21 bits per heavy atom. The van der Waals surface area contributed by atoms with Crippen LogP contribution in [0, 0.1) is 0 Å². The molecule has 0 aromatic carbocycles. The van der Waals surface area contributed by atoms with E-state index in [1.165, 1.54) is 24.1 Å². The van der Waals surface area contributed by atoms with E-state index in [4.69, 9.17) is 10.8 Å². The van der Waals surface area contributed by atoms with Gasteiger partial charge in [0.1, 0.15) is 0 Å². The van der Waals surface area contributed by atoms with Crippen LogP contribution < -0.4 is 5.73 Å². The highest BCUT2D eigenvalue weighted by atomic mass is 16.3. The summed E-state index contributed by atoms with van der Waals surface area (Å²) in [7, 11) is 0. The second kappa shape index (κ2) is 4.11. The van der Waals surface area contributed by atoms with Gasteiger partial charge in [0.2, 0.25) is 0 Å². The lowest BCUT2D eigenvalue weighted by molar-refractivity contribution is 0.275. The minimum absolute atomic E-state index is 0.113. The lowest BCUT2D eigenvalue weighted by Crippen LogP contribution is -2.15. The summed E-state index contributed by atoms with van der Waals surface area (Å²) < 4.78 is 0. The van der Waals surface area contributed by atoms with Crippen LogP contribution >= 0.6 is 0 Å². The second-order valence-corrected chi connectivity index (χ2v) is 3.89. The monoisotopic (exact) mass is 195 g/mol. The first-order valence-electron chi connectivity index (χ1n) is 5.25. The number of aromatic nitrogens is 2. The number of fused-ring (bicyclic) bond motifs is 1. The van der Waals surface area contributed by atoms with E-state index in [2.05, 4.69) is 10.2 Å². The number of hydrogen-bond donors (Lipinski definition) is 3. The number of aryl methyl sites for hydroxylation is 1. The van der Waals surface area contributed by atoms with Gasteiger partial charge in [-0.05, 0) is 37.7 Å². The summed E-state index contributed by atoms with van der Waals surface area (Å²) in [6, 6.07) is -0.113. The van der Waals surface area contributed by atoms with Crippen LogP contribution in [0.4, 0.5) is 0 Å². The summed E-state index contributed by atoms with van der Waals surface area (Å²) in [5.41, 5.74) is 9.45. The molecular formula is C10H17N3O. The maximum Gasteiger partial charge on any atom is 0.0824 e. The quantitative estimate of drug-likeness (QED) is 0.663. The molecule has 0 bridgehead atoms. The molecule has 4 heteroatoms. The molecule has 14 heavy (non-hydrogen) atoms. The summed E-state index contributed by atoms with van der Waals surface area (Å²) in [5, 5.41) is 16.1. The van der Waals surface area contributed by atoms with Gasteiger partial charge in [0.25, 0.3) is 0 Å². The highest BCUT2D eigenvalue weighted by Gasteiger charge is 2.20. The van der Waals surface area contributed by atoms with E-state index in [9.17, 15) is 0 Å². The van der Waals surface area contributed by atoms with Crippen molar-refractivity contribution in [3.63, 3.8) is 0 Å². The third kappa shape index (κ3) is 1.67. The molecule has 0 radical (unpaired) electrons. The number of nitrogens with two attached hydrogens (primary N) is 1. The largest absolute Gasteiger partial charge is 0.396 e. The van der Waals surface area contributed by atoms with E-state index in [0.717, 1.165) is 18.5 Å². The Morgan fingerprint density at radius 3 is 3.00 bits per heavy atom. The smallest absolute Gasteiger partial charge is 0.0824 e. The third-order valence-corrected chi connectivity index (χ3v) is 2.88. The van der Waals surface area contributed by atoms with Crippen LogP contribution in [0.2, 0.25) is 0 Å². The summed E-state index contributed by atoms with van der Waals surface area (Å²) in [4.78, 5) is 0. The first-order chi connectivity index (χ1) is 6.83. The van der Waals surface area contributed by atoms with E-state index in [0.29, 0.717) is 6.42 Å². The fourth-order valence-electron chi connectivity index (χ4n) is 2.09. The average Bonchev–Trinajstić information content (AvgIpc) is 2.61. The number of rotatable bonds is 3. The number of aliphatic hydroxyl groups excluding tert-OH is 1. The molecule has 2 rings (SSSR count). The number of H-pyrrole nitrogens is 1. The maximum atomic E-state index is 8.82. The standard InChI is InChI=1S/C10H17N3O/c11-8(5-6-14)10-7-3-1-2-4-9(7)12-13-10/h8,14H,1-6,11H2,(H,12,13). The minimum atomic E-state index is -0.113. The van der Waals surface area contributed by atoms with Crippen molar-refractivity contribution in [2.75, 3.05) is 6.61 Å². The Labute approximate surface area is 83.5 Å². The predicted molar refractivity (Wildman–Crippen MR) is 53.9 cm³/mol. The molecule has 1 heterocycles. The van der Waals surface area contributed by atoms with Gasteiger partial charge in [-0.2, -0.15) is 5.10 Å². The maximum absolute atomic E-state index is 8.82. The molecule has 1 aromatic heterocycles. The molecule has 0 fully saturated rings. The van der Waals surface area contributed by atoms with Gasteiger partial charge in [0, 0.05) is 12.3 Å². The molecule has 0 amide bonds. The van der Waals surface area contributed by atoms with Crippen LogP contribution in [0.3, 0.4) is 0 Å². The van der Waals surface area contributed by atoms with Gasteiger partial charge >= 0.3 is 0 Å². The van der Waals surface area contributed by atoms with Crippen molar-refractivity contribution in [2.24, 2.45) is 5.73 Å². The highest BCUT2D eigenvalue weighted by molar-refractivity contribution is 5.29. The summed E-state index contributed by atoms with van der Waals surface area (Å²) in [5.74, 6) is 0. The fraction of sp³-hybridized carbons (Fsp3) is 0.700. The van der Waals surface area contributed by atoms with E-state index in [1.807, 2.05) is 0 Å². The van der Waals surface area contributed by atoms with Crippen LogP contribution in [0.25, 0.3) is 0 Å². The molecule has 1 aliphatic carbocycles. The molecule has 1 unspecified atom stereocenters. The van der Waals surface area contributed by atoms with E-state index in [-0.39, 0.29) is 12.6 Å². The number of hydrogen-bond acceptors (Lipinski definition) is 3. The van der Waals surface area contributed by atoms with Gasteiger partial charge in [-0.25, -0.2) is 0 Å². The summed E-state index contributed by atoms with van der Waals surface area (Å²) >= 11 is 0. The van der Waals surface area contributed by atoms with Crippen LogP contribution in [0.1, 0.15) is 42.3 Å². The van der Waals surface area contributed by atoms with Crippen LogP contribution in [0.15, 0.2) is 0 Å². The Bertz CT molecular complexity index is 308. The van der Waals surface area contributed by atoms with Crippen molar-refractivity contribution in [2.45, 2.75) is 38.1 Å². The molecule has 1 atom stereocenters. The SMILES string of the molecule is NC(CCO)c1n[nH]c2c1CCCC2. The Hall–Kier alpha value is -0.870. The fourth-order valence-corrected chi connectivity index (χ4v) is 2.09. The molecule has 0 saturated carbocycles. The van der Waals surface area contributed by atoms with Gasteiger partial charge < -0.3 is 10.8 Å². The zero-order valence-electron chi connectivity index (χ0n) is 8.29. The van der Waals surface area contributed by atoms with Gasteiger partial charge in [-0.1, -0.05) is 0 Å². The molecular weight excluding hydrogens is 178 g/mol. The number of aliphatic hydroxyl groups is 1. The third-order valence-electron chi connectivity index (χ3n) is 2.88. The molecule has 4 nitrogen and oxygen atoms in total. The van der Waals surface area contributed by atoms with Crippen LogP contribution in [-0.2, 0) is 12.8 Å². The number of aromatic amines is 1. The molecule has 4 N–H and O–H groups in total. The zero-order valence-corrected chi connectivity index (χ0v) is 8.29. The van der Waals surface area contributed by atoms with Crippen molar-refractivity contribution in [1.29, 1.82) is 0 Å². The first kappa shape index (κ1) is 9.68. The van der Waals surface area contributed by atoms with Crippen LogP contribution in [0.5, 0.6) is 0 Å².